The summed E-state index contributed by atoms with van der Waals surface area (Å²) in [6.07, 6.45) is 0. The summed E-state index contributed by atoms with van der Waals surface area (Å²) in [4.78, 5) is 23.1. The lowest BCUT2D eigenvalue weighted by molar-refractivity contribution is -0.157. The van der Waals surface area contributed by atoms with Gasteiger partial charge in [-0.25, -0.2) is 9.59 Å². The molecule has 0 aliphatic carbocycles. The van der Waals surface area contributed by atoms with Gasteiger partial charge in [-0.1, -0.05) is 0 Å². The molecule has 1 heterocycles. The molecule has 6 heteroatoms. The average Bonchev–Trinajstić information content (AvgIpc) is 2.71. The molecule has 0 saturated carbocycles. The summed E-state index contributed by atoms with van der Waals surface area (Å²) in [5.74, 6) is -0.633. The van der Waals surface area contributed by atoms with Crippen molar-refractivity contribution in [1.82, 2.24) is 0 Å². The molecule has 0 aliphatic rings. The zero-order chi connectivity index (χ0) is 13.8. The van der Waals surface area contributed by atoms with Crippen LogP contribution in [0, 0.1) is 0 Å². The summed E-state index contributed by atoms with van der Waals surface area (Å²) in [6.45, 7) is 5.08. The maximum atomic E-state index is 11.4. The minimum absolute atomic E-state index is 0.238. The minimum atomic E-state index is -0.555. The van der Waals surface area contributed by atoms with Gasteiger partial charge >= 0.3 is 11.9 Å². The fraction of sp³-hybridized carbons (Fsp3) is 0.500. The number of ether oxygens (including phenoxy) is 3. The number of esters is 2. The largest absolute Gasteiger partial charge is 0.480 e. The maximum Gasteiger partial charge on any atom is 0.351 e. The van der Waals surface area contributed by atoms with Crippen molar-refractivity contribution in [2.75, 3.05) is 13.7 Å². The topological polar surface area (TPSA) is 61.8 Å². The first-order valence-corrected chi connectivity index (χ1v) is 6.22. The first kappa shape index (κ1) is 14.5. The fourth-order valence-corrected chi connectivity index (χ4v) is 1.91. The van der Waals surface area contributed by atoms with E-state index in [2.05, 4.69) is 4.74 Å². The maximum absolute atomic E-state index is 11.4. The summed E-state index contributed by atoms with van der Waals surface area (Å²) >= 11 is 1.20. The van der Waals surface area contributed by atoms with Crippen molar-refractivity contribution in [2.45, 2.75) is 26.4 Å². The first-order valence-electron chi connectivity index (χ1n) is 5.34. The second-order valence-electron chi connectivity index (χ2n) is 4.48. The molecule has 0 bridgehead atoms. The van der Waals surface area contributed by atoms with Crippen LogP contribution in [0.3, 0.4) is 0 Å². The fourth-order valence-electron chi connectivity index (χ4n) is 1.16. The Hall–Kier alpha value is -1.56. The lowest BCUT2D eigenvalue weighted by atomic mass is 10.2. The van der Waals surface area contributed by atoms with Gasteiger partial charge in [0.05, 0.1) is 7.11 Å². The van der Waals surface area contributed by atoms with Crippen LogP contribution in [0.15, 0.2) is 11.4 Å². The highest BCUT2D eigenvalue weighted by molar-refractivity contribution is 7.12. The van der Waals surface area contributed by atoms with Gasteiger partial charge in [0, 0.05) is 0 Å². The smallest absolute Gasteiger partial charge is 0.351 e. The molecule has 0 fully saturated rings. The van der Waals surface area contributed by atoms with Crippen LogP contribution < -0.4 is 4.74 Å². The summed E-state index contributed by atoms with van der Waals surface area (Å²) in [5.41, 5.74) is -0.555. The molecule has 0 aromatic carbocycles. The quantitative estimate of drug-likeness (QED) is 0.787. The molecule has 0 atom stereocenters. The number of methoxy groups -OCH3 is 1. The molecule has 1 aromatic rings. The number of thiophene rings is 1. The molecule has 5 nitrogen and oxygen atoms in total. The van der Waals surface area contributed by atoms with Gasteiger partial charge in [-0.3, -0.25) is 0 Å². The summed E-state index contributed by atoms with van der Waals surface area (Å²) in [6, 6.07) is 1.61. The van der Waals surface area contributed by atoms with Crippen molar-refractivity contribution >= 4 is 23.3 Å². The van der Waals surface area contributed by atoms with Crippen molar-refractivity contribution in [2.24, 2.45) is 0 Å². The van der Waals surface area contributed by atoms with E-state index in [4.69, 9.17) is 9.47 Å². The Morgan fingerprint density at radius 3 is 2.56 bits per heavy atom. The van der Waals surface area contributed by atoms with Crippen LogP contribution in [0.1, 0.15) is 30.4 Å². The van der Waals surface area contributed by atoms with Crippen molar-refractivity contribution in [3.63, 3.8) is 0 Å². The Morgan fingerprint density at radius 2 is 2.00 bits per heavy atom. The van der Waals surface area contributed by atoms with E-state index < -0.39 is 17.5 Å². The Balaban J connectivity index is 2.57. The van der Waals surface area contributed by atoms with Crippen molar-refractivity contribution in [3.05, 3.63) is 16.3 Å². The Labute approximate surface area is 110 Å². The Kier molecular flexibility index (Phi) is 4.72. The van der Waals surface area contributed by atoms with Crippen molar-refractivity contribution < 1.29 is 23.8 Å². The molecule has 0 radical (unpaired) electrons. The van der Waals surface area contributed by atoms with E-state index in [0.717, 1.165) is 0 Å². The predicted octanol–water partition coefficient (Wildman–Crippen LogP) is 2.26. The van der Waals surface area contributed by atoms with Gasteiger partial charge in [0.2, 0.25) is 0 Å². The second-order valence-corrected chi connectivity index (χ2v) is 5.40. The third-order valence-electron chi connectivity index (χ3n) is 1.77. The lowest BCUT2D eigenvalue weighted by Gasteiger charge is -2.19. The van der Waals surface area contributed by atoms with Gasteiger partial charge in [0.25, 0.3) is 0 Å². The van der Waals surface area contributed by atoms with E-state index in [0.29, 0.717) is 10.6 Å². The van der Waals surface area contributed by atoms with E-state index in [9.17, 15) is 9.59 Å². The highest BCUT2D eigenvalue weighted by Crippen LogP contribution is 2.25. The highest BCUT2D eigenvalue weighted by Gasteiger charge is 2.19. The zero-order valence-corrected chi connectivity index (χ0v) is 11.6. The number of rotatable bonds is 4. The van der Waals surface area contributed by atoms with E-state index in [1.807, 2.05) is 0 Å². The summed E-state index contributed by atoms with van der Waals surface area (Å²) < 4.78 is 14.9. The van der Waals surface area contributed by atoms with Crippen LogP contribution in [-0.2, 0) is 14.3 Å². The normalized spacial score (nSPS) is 10.9. The molecular weight excluding hydrogens is 256 g/mol. The molecule has 0 unspecified atom stereocenters. The second kappa shape index (κ2) is 5.86. The van der Waals surface area contributed by atoms with Gasteiger partial charge in [0.15, 0.2) is 11.5 Å². The number of carbonyl (C=O) groups is 2. The van der Waals surface area contributed by atoms with Gasteiger partial charge in [0.1, 0.15) is 11.4 Å². The van der Waals surface area contributed by atoms with Crippen LogP contribution in [0.5, 0.6) is 5.75 Å². The highest BCUT2D eigenvalue weighted by atomic mass is 32.1. The molecule has 1 aromatic heterocycles. The predicted molar refractivity (Wildman–Crippen MR) is 67.0 cm³/mol. The number of hydrogen-bond acceptors (Lipinski definition) is 6. The zero-order valence-electron chi connectivity index (χ0n) is 10.8. The number of hydrogen-bond donors (Lipinski definition) is 0. The SMILES string of the molecule is COC(=O)c1sccc1OCC(=O)OC(C)(C)C. The molecule has 1 rings (SSSR count). The molecule has 18 heavy (non-hydrogen) atoms. The minimum Gasteiger partial charge on any atom is -0.480 e. The Bertz CT molecular complexity index is 430. The molecule has 0 aliphatic heterocycles. The monoisotopic (exact) mass is 272 g/mol. The molecule has 100 valence electrons. The van der Waals surface area contributed by atoms with E-state index >= 15 is 0 Å². The van der Waals surface area contributed by atoms with Gasteiger partial charge in [-0.2, -0.15) is 0 Å². The standard InChI is InChI=1S/C12H16O5S/c1-12(2,3)17-9(13)7-16-8-5-6-18-10(8)11(14)15-4/h5-6H,7H2,1-4H3. The van der Waals surface area contributed by atoms with Gasteiger partial charge in [-0.15, -0.1) is 11.3 Å². The van der Waals surface area contributed by atoms with Gasteiger partial charge in [-0.05, 0) is 32.2 Å². The molecule has 0 saturated heterocycles. The Morgan fingerprint density at radius 1 is 1.33 bits per heavy atom. The average molecular weight is 272 g/mol. The van der Waals surface area contributed by atoms with Crippen LogP contribution in [0.4, 0.5) is 0 Å². The van der Waals surface area contributed by atoms with E-state index in [1.54, 1.807) is 32.2 Å². The van der Waals surface area contributed by atoms with Gasteiger partial charge < -0.3 is 14.2 Å². The summed E-state index contributed by atoms with van der Waals surface area (Å²) in [7, 11) is 1.29. The molecular formula is C12H16O5S. The van der Waals surface area contributed by atoms with E-state index in [1.165, 1.54) is 18.4 Å². The third-order valence-corrected chi connectivity index (χ3v) is 2.64. The van der Waals surface area contributed by atoms with Crippen LogP contribution >= 0.6 is 11.3 Å². The lowest BCUT2D eigenvalue weighted by Crippen LogP contribution is -2.27. The van der Waals surface area contributed by atoms with Crippen LogP contribution in [0.2, 0.25) is 0 Å². The molecule has 0 amide bonds. The third kappa shape index (κ3) is 4.37. The van der Waals surface area contributed by atoms with Crippen molar-refractivity contribution in [3.8, 4) is 5.75 Å². The molecule has 0 spiro atoms. The molecule has 0 N–H and O–H groups in total. The van der Waals surface area contributed by atoms with Crippen LogP contribution in [0.25, 0.3) is 0 Å². The van der Waals surface area contributed by atoms with Crippen LogP contribution in [-0.4, -0.2) is 31.3 Å². The summed E-state index contributed by atoms with van der Waals surface area (Å²) in [5, 5.41) is 1.69. The van der Waals surface area contributed by atoms with E-state index in [-0.39, 0.29) is 6.61 Å². The first-order chi connectivity index (χ1) is 8.33. The number of carbonyl (C=O) groups excluding carboxylic acids is 2. The van der Waals surface area contributed by atoms with Crippen molar-refractivity contribution in [1.29, 1.82) is 0 Å².